The summed E-state index contributed by atoms with van der Waals surface area (Å²) in [6.07, 6.45) is -0.358. The highest BCUT2D eigenvalue weighted by molar-refractivity contribution is 5.91. The minimum absolute atomic E-state index is 0.0653. The molecular formula is C27H32F4N6O2. The van der Waals surface area contributed by atoms with E-state index in [1.54, 1.807) is 19.2 Å². The van der Waals surface area contributed by atoms with Gasteiger partial charge in [0.25, 0.3) is 5.91 Å². The summed E-state index contributed by atoms with van der Waals surface area (Å²) in [5.41, 5.74) is 8.38. The van der Waals surface area contributed by atoms with Gasteiger partial charge in [-0.15, -0.1) is 0 Å². The maximum Gasteiger partial charge on any atom is 0.266 e. The minimum atomic E-state index is -2.70. The van der Waals surface area contributed by atoms with Crippen LogP contribution in [0.2, 0.25) is 0 Å². The van der Waals surface area contributed by atoms with E-state index in [-0.39, 0.29) is 74.4 Å². The number of aromatic amines is 1. The molecule has 2 fully saturated rings. The molecule has 2 amide bonds. The maximum absolute atomic E-state index is 14.0. The summed E-state index contributed by atoms with van der Waals surface area (Å²) in [5, 5.41) is 7.36. The molecule has 2 atom stereocenters. The van der Waals surface area contributed by atoms with Crippen molar-refractivity contribution in [3.63, 3.8) is 0 Å². The lowest BCUT2D eigenvalue weighted by atomic mass is 9.77. The first-order chi connectivity index (χ1) is 18.3. The predicted octanol–water partition coefficient (Wildman–Crippen LogP) is 4.97. The molecule has 0 saturated heterocycles. The van der Waals surface area contributed by atoms with Crippen molar-refractivity contribution in [1.29, 1.82) is 0 Å². The first kappa shape index (κ1) is 27.1. The lowest BCUT2D eigenvalue weighted by molar-refractivity contribution is -0.134. The molecule has 0 radical (unpaired) electrons. The van der Waals surface area contributed by atoms with Gasteiger partial charge < -0.3 is 16.0 Å². The van der Waals surface area contributed by atoms with E-state index in [4.69, 9.17) is 10.7 Å². The SMILES string of the molecule is C[C@@H](NC(=O)CC1CC(F)(F)C1)c1ccc2nc([C@H](c3cc(C(N)=O)n(C)n3)C3CCC(F)(F)CC3)[nH]c2c1. The van der Waals surface area contributed by atoms with Gasteiger partial charge in [0.05, 0.1) is 28.7 Å². The standard InChI is InChI=1S/C27H32F4N6O2/c1-14(33-22(38)9-15-12-27(30,31)13-15)17-3-4-18-19(10-17)35-25(34-18)23(16-5-7-26(28,29)8-6-16)20-11-21(24(32)39)37(2)36-20/h3-4,10-11,14-16,23H,5-9,12-13H2,1-2H3,(H2,32,39)(H,33,38)(H,34,35)/t14-,23+/m1/s1. The number of fused-ring (bicyclic) bond motifs is 1. The predicted molar refractivity (Wildman–Crippen MR) is 135 cm³/mol. The molecule has 12 heteroatoms. The van der Waals surface area contributed by atoms with Gasteiger partial charge >= 0.3 is 0 Å². The van der Waals surface area contributed by atoms with Crippen LogP contribution in [0.5, 0.6) is 0 Å². The Bertz CT molecular complexity index is 1380. The number of carbonyl (C=O) groups excluding carboxylic acids is 2. The van der Waals surface area contributed by atoms with E-state index in [9.17, 15) is 27.2 Å². The highest BCUT2D eigenvalue weighted by atomic mass is 19.3. The van der Waals surface area contributed by atoms with Gasteiger partial charge in [-0.3, -0.25) is 14.3 Å². The third kappa shape index (κ3) is 5.79. The van der Waals surface area contributed by atoms with Gasteiger partial charge in [-0.25, -0.2) is 22.5 Å². The van der Waals surface area contributed by atoms with Crippen molar-refractivity contribution in [2.75, 3.05) is 0 Å². The van der Waals surface area contributed by atoms with Crippen LogP contribution < -0.4 is 11.1 Å². The molecule has 8 nitrogen and oxygen atoms in total. The van der Waals surface area contributed by atoms with Crippen molar-refractivity contribution in [3.05, 3.63) is 47.0 Å². The number of benzene rings is 1. The first-order valence-electron chi connectivity index (χ1n) is 13.2. The number of aryl methyl sites for hydroxylation is 1. The Kier molecular flexibility index (Phi) is 6.92. The average Bonchev–Trinajstić information content (AvgIpc) is 3.42. The topological polar surface area (TPSA) is 119 Å². The number of amides is 2. The molecule has 2 aliphatic rings. The van der Waals surface area contributed by atoms with Crippen LogP contribution in [0.25, 0.3) is 11.0 Å². The zero-order valence-corrected chi connectivity index (χ0v) is 21.8. The molecule has 0 aliphatic heterocycles. The summed E-state index contributed by atoms with van der Waals surface area (Å²) in [6.45, 7) is 1.82. The molecule has 1 aromatic carbocycles. The molecule has 2 saturated carbocycles. The lowest BCUT2D eigenvalue weighted by Crippen LogP contribution is -2.39. The Morgan fingerprint density at radius 1 is 1.15 bits per heavy atom. The van der Waals surface area contributed by atoms with Crippen molar-refractivity contribution in [2.24, 2.45) is 24.6 Å². The van der Waals surface area contributed by atoms with Gasteiger partial charge in [0, 0.05) is 39.2 Å². The van der Waals surface area contributed by atoms with Gasteiger partial charge in [0.15, 0.2) is 0 Å². The number of hydrogen-bond acceptors (Lipinski definition) is 4. The zero-order chi connectivity index (χ0) is 28.1. The Morgan fingerprint density at radius 2 is 1.85 bits per heavy atom. The summed E-state index contributed by atoms with van der Waals surface area (Å²) >= 11 is 0. The normalized spacial score (nSPS) is 20.9. The van der Waals surface area contributed by atoms with Crippen molar-refractivity contribution >= 4 is 22.8 Å². The van der Waals surface area contributed by atoms with Crippen LogP contribution in [-0.2, 0) is 11.8 Å². The molecular weight excluding hydrogens is 516 g/mol. The third-order valence-corrected chi connectivity index (χ3v) is 8.05. The Hall–Kier alpha value is -3.44. The third-order valence-electron chi connectivity index (χ3n) is 8.05. The fourth-order valence-electron chi connectivity index (χ4n) is 5.91. The minimum Gasteiger partial charge on any atom is -0.364 e. The van der Waals surface area contributed by atoms with E-state index in [0.29, 0.717) is 22.6 Å². The van der Waals surface area contributed by atoms with Crippen LogP contribution >= 0.6 is 0 Å². The lowest BCUT2D eigenvalue weighted by Gasteiger charge is -2.34. The van der Waals surface area contributed by atoms with Crippen molar-refractivity contribution in [1.82, 2.24) is 25.1 Å². The fourth-order valence-corrected chi connectivity index (χ4v) is 5.91. The number of hydrogen-bond donors (Lipinski definition) is 3. The summed E-state index contributed by atoms with van der Waals surface area (Å²) in [6, 6.07) is 6.72. The van der Waals surface area contributed by atoms with Crippen molar-refractivity contribution in [2.45, 2.75) is 75.7 Å². The quantitative estimate of drug-likeness (QED) is 0.345. The van der Waals surface area contributed by atoms with E-state index in [0.717, 1.165) is 5.56 Å². The van der Waals surface area contributed by atoms with E-state index in [2.05, 4.69) is 15.4 Å². The number of imidazole rings is 1. The van der Waals surface area contributed by atoms with E-state index in [1.165, 1.54) is 4.68 Å². The van der Waals surface area contributed by atoms with Crippen molar-refractivity contribution < 1.29 is 27.2 Å². The van der Waals surface area contributed by atoms with Gasteiger partial charge in [0.2, 0.25) is 17.8 Å². The van der Waals surface area contributed by atoms with Crippen LogP contribution in [0.1, 0.15) is 91.4 Å². The molecule has 4 N–H and O–H groups in total. The number of rotatable bonds is 8. The van der Waals surface area contributed by atoms with Gasteiger partial charge in [-0.05, 0) is 55.4 Å². The van der Waals surface area contributed by atoms with Crippen molar-refractivity contribution in [3.8, 4) is 0 Å². The molecule has 39 heavy (non-hydrogen) atoms. The number of primary amides is 1. The largest absolute Gasteiger partial charge is 0.364 e. The summed E-state index contributed by atoms with van der Waals surface area (Å²) in [5.74, 6) is -6.65. The number of nitrogens with zero attached hydrogens (tertiary/aromatic N) is 3. The smallest absolute Gasteiger partial charge is 0.266 e. The summed E-state index contributed by atoms with van der Waals surface area (Å²) in [7, 11) is 1.60. The number of aromatic nitrogens is 4. The molecule has 5 rings (SSSR count). The van der Waals surface area contributed by atoms with E-state index >= 15 is 0 Å². The molecule has 2 aromatic heterocycles. The molecule has 0 spiro atoms. The monoisotopic (exact) mass is 548 g/mol. The Balaban J connectivity index is 1.38. The summed E-state index contributed by atoms with van der Waals surface area (Å²) in [4.78, 5) is 32.3. The van der Waals surface area contributed by atoms with Crippen LogP contribution in [-0.4, -0.2) is 43.4 Å². The second-order valence-corrected chi connectivity index (χ2v) is 11.1. The highest BCUT2D eigenvalue weighted by Gasteiger charge is 2.45. The molecule has 0 bridgehead atoms. The van der Waals surface area contributed by atoms with Crippen LogP contribution in [0.4, 0.5) is 17.6 Å². The second-order valence-electron chi connectivity index (χ2n) is 11.1. The number of nitrogens with two attached hydrogens (primary N) is 1. The van der Waals surface area contributed by atoms with E-state index < -0.39 is 23.7 Å². The number of halogens is 4. The van der Waals surface area contributed by atoms with E-state index in [1.807, 2.05) is 19.1 Å². The molecule has 0 unspecified atom stereocenters. The van der Waals surface area contributed by atoms with Crippen LogP contribution in [0, 0.1) is 11.8 Å². The molecule has 210 valence electrons. The van der Waals surface area contributed by atoms with Gasteiger partial charge in [-0.2, -0.15) is 5.10 Å². The number of nitrogens with one attached hydrogen (secondary N) is 2. The Labute approximate surface area is 222 Å². The summed E-state index contributed by atoms with van der Waals surface area (Å²) < 4.78 is 55.5. The fraction of sp³-hybridized carbons (Fsp3) is 0.556. The van der Waals surface area contributed by atoms with Crippen LogP contribution in [0.15, 0.2) is 24.3 Å². The molecule has 3 aromatic rings. The zero-order valence-electron chi connectivity index (χ0n) is 21.8. The highest BCUT2D eigenvalue weighted by Crippen LogP contribution is 2.45. The Morgan fingerprint density at radius 3 is 2.46 bits per heavy atom. The second kappa shape index (κ2) is 9.95. The van der Waals surface area contributed by atoms with Crippen LogP contribution in [0.3, 0.4) is 0 Å². The van der Waals surface area contributed by atoms with Gasteiger partial charge in [-0.1, -0.05) is 6.07 Å². The average molecular weight is 549 g/mol. The molecule has 2 heterocycles. The maximum atomic E-state index is 14.0. The van der Waals surface area contributed by atoms with Gasteiger partial charge in [0.1, 0.15) is 11.5 Å². The molecule has 2 aliphatic carbocycles. The number of carbonyl (C=O) groups is 2. The first-order valence-corrected chi connectivity index (χ1v) is 13.2. The number of H-pyrrole nitrogens is 1. The number of alkyl halides is 4.